The van der Waals surface area contributed by atoms with Gasteiger partial charge < -0.3 is 5.32 Å². The summed E-state index contributed by atoms with van der Waals surface area (Å²) in [5, 5.41) is 3.87. The van der Waals surface area contributed by atoms with Crippen LogP contribution in [0, 0.1) is 0 Å². The Morgan fingerprint density at radius 3 is 2.92 bits per heavy atom. The van der Waals surface area contributed by atoms with E-state index >= 15 is 0 Å². The van der Waals surface area contributed by atoms with Gasteiger partial charge in [0.15, 0.2) is 0 Å². The Morgan fingerprint density at radius 1 is 1.54 bits per heavy atom. The molecule has 0 saturated carbocycles. The maximum Gasteiger partial charge on any atom is 0.133 e. The summed E-state index contributed by atoms with van der Waals surface area (Å²) < 4.78 is 0. The molecule has 0 radical (unpaired) electrons. The second kappa shape index (κ2) is 7.13. The minimum Gasteiger partial charge on any atom is -0.313 e. The van der Waals surface area contributed by atoms with Crippen molar-refractivity contribution in [3.8, 4) is 0 Å². The highest BCUT2D eigenvalue weighted by atomic mass is 35.5. The van der Waals surface area contributed by atoms with Crippen LogP contribution < -0.4 is 5.32 Å². The minimum atomic E-state index is 0. The summed E-state index contributed by atoms with van der Waals surface area (Å²) in [6.45, 7) is 3.96. The van der Waals surface area contributed by atoms with Crippen LogP contribution >= 0.6 is 24.0 Å². The Morgan fingerprint density at radius 2 is 2.31 bits per heavy atom. The molecule has 2 nitrogen and oxygen atoms in total. The molecule has 0 bridgehead atoms. The van der Waals surface area contributed by atoms with Crippen molar-refractivity contribution in [3.05, 3.63) is 29.0 Å². The van der Waals surface area contributed by atoms with E-state index in [9.17, 15) is 0 Å². The molecule has 1 aromatic rings. The van der Waals surface area contributed by atoms with E-state index in [1.54, 1.807) is 6.20 Å². The van der Waals surface area contributed by atoms with Gasteiger partial charge in [0.2, 0.25) is 0 Å². The van der Waals surface area contributed by atoms with E-state index in [2.05, 4.69) is 17.2 Å². The number of nitrogens with zero attached hydrogens (tertiary/aromatic N) is 1. The summed E-state index contributed by atoms with van der Waals surface area (Å²) in [5.74, 6) is 0. The van der Waals surface area contributed by atoms with Gasteiger partial charge in [-0.3, -0.25) is 0 Å². The predicted molar refractivity (Wildman–Crippen MR) is 58.5 cm³/mol. The lowest BCUT2D eigenvalue weighted by Gasteiger charge is -2.03. The molecule has 1 aromatic heterocycles. The van der Waals surface area contributed by atoms with Gasteiger partial charge in [-0.25, -0.2) is 4.98 Å². The molecule has 0 aliphatic rings. The minimum absolute atomic E-state index is 0. The summed E-state index contributed by atoms with van der Waals surface area (Å²) in [5.41, 5.74) is 1.06. The van der Waals surface area contributed by atoms with Gasteiger partial charge in [0, 0.05) is 18.3 Å². The van der Waals surface area contributed by atoms with E-state index in [0.717, 1.165) is 25.1 Å². The van der Waals surface area contributed by atoms with Crippen LogP contribution in [-0.4, -0.2) is 11.5 Å². The molecule has 0 spiro atoms. The van der Waals surface area contributed by atoms with Gasteiger partial charge >= 0.3 is 0 Å². The first kappa shape index (κ1) is 12.7. The Hall–Kier alpha value is -0.310. The maximum atomic E-state index is 5.85. The van der Waals surface area contributed by atoms with Crippen molar-refractivity contribution in [1.29, 1.82) is 0 Å². The zero-order chi connectivity index (χ0) is 8.81. The zero-order valence-corrected chi connectivity index (χ0v) is 9.16. The molecule has 74 valence electrons. The monoisotopic (exact) mass is 220 g/mol. The lowest BCUT2D eigenvalue weighted by atomic mass is 10.3. The molecular weight excluding hydrogens is 207 g/mol. The average molecular weight is 221 g/mol. The van der Waals surface area contributed by atoms with Crippen molar-refractivity contribution in [2.45, 2.75) is 19.9 Å². The maximum absolute atomic E-state index is 5.85. The molecule has 1 heterocycles. The third-order valence-corrected chi connectivity index (χ3v) is 1.92. The van der Waals surface area contributed by atoms with Gasteiger partial charge in [0.1, 0.15) is 5.15 Å². The summed E-state index contributed by atoms with van der Waals surface area (Å²) in [6.07, 6.45) is 2.84. The smallest absolute Gasteiger partial charge is 0.133 e. The molecule has 0 aliphatic heterocycles. The lowest BCUT2D eigenvalue weighted by Crippen LogP contribution is -2.14. The van der Waals surface area contributed by atoms with Gasteiger partial charge in [-0.2, -0.15) is 0 Å². The van der Waals surface area contributed by atoms with Crippen LogP contribution in [0.3, 0.4) is 0 Å². The Balaban J connectivity index is 0.00000144. The fourth-order valence-corrected chi connectivity index (χ4v) is 1.14. The van der Waals surface area contributed by atoms with E-state index in [1.807, 2.05) is 12.1 Å². The van der Waals surface area contributed by atoms with E-state index in [-0.39, 0.29) is 12.4 Å². The number of aromatic nitrogens is 1. The number of nitrogens with one attached hydrogen (secondary N) is 1. The molecule has 0 aromatic carbocycles. The highest BCUT2D eigenvalue weighted by Crippen LogP contribution is 2.10. The molecule has 0 aliphatic carbocycles. The van der Waals surface area contributed by atoms with Gasteiger partial charge in [0.25, 0.3) is 0 Å². The molecule has 4 heteroatoms. The van der Waals surface area contributed by atoms with Crippen molar-refractivity contribution < 1.29 is 0 Å². The van der Waals surface area contributed by atoms with Gasteiger partial charge in [-0.05, 0) is 19.0 Å². The molecule has 0 unspecified atom stereocenters. The van der Waals surface area contributed by atoms with E-state index in [1.165, 1.54) is 0 Å². The first-order valence-corrected chi connectivity index (χ1v) is 4.52. The van der Waals surface area contributed by atoms with Gasteiger partial charge in [0.05, 0.1) is 0 Å². The second-order valence-electron chi connectivity index (χ2n) is 2.63. The third kappa shape index (κ3) is 4.46. The van der Waals surface area contributed by atoms with Crippen LogP contribution in [0.5, 0.6) is 0 Å². The SMILES string of the molecule is CCCNCc1cccnc1Cl.Cl. The van der Waals surface area contributed by atoms with Crippen molar-refractivity contribution in [2.24, 2.45) is 0 Å². The van der Waals surface area contributed by atoms with Gasteiger partial charge in [-0.1, -0.05) is 24.6 Å². The fraction of sp³-hybridized carbons (Fsp3) is 0.444. The zero-order valence-electron chi connectivity index (χ0n) is 7.59. The summed E-state index contributed by atoms with van der Waals surface area (Å²) >= 11 is 5.85. The van der Waals surface area contributed by atoms with Gasteiger partial charge in [-0.15, -0.1) is 12.4 Å². The Bertz CT molecular complexity index is 241. The normalized spacial score (nSPS) is 9.38. The molecule has 0 atom stereocenters. The lowest BCUT2D eigenvalue weighted by molar-refractivity contribution is 0.674. The second-order valence-corrected chi connectivity index (χ2v) is 2.99. The Kier molecular flexibility index (Phi) is 6.96. The number of rotatable bonds is 4. The van der Waals surface area contributed by atoms with E-state index < -0.39 is 0 Å². The number of hydrogen-bond acceptors (Lipinski definition) is 2. The van der Waals surface area contributed by atoms with Crippen molar-refractivity contribution >= 4 is 24.0 Å². The fourth-order valence-electron chi connectivity index (χ4n) is 0.951. The number of hydrogen-bond donors (Lipinski definition) is 1. The summed E-state index contributed by atoms with van der Waals surface area (Å²) in [4.78, 5) is 3.98. The third-order valence-electron chi connectivity index (χ3n) is 1.58. The van der Waals surface area contributed by atoms with Crippen LogP contribution in [-0.2, 0) is 6.54 Å². The number of pyridine rings is 1. The highest BCUT2D eigenvalue weighted by molar-refractivity contribution is 6.30. The molecule has 1 N–H and O–H groups in total. The van der Waals surface area contributed by atoms with Crippen LogP contribution in [0.25, 0.3) is 0 Å². The highest BCUT2D eigenvalue weighted by Gasteiger charge is 1.97. The van der Waals surface area contributed by atoms with Crippen molar-refractivity contribution in [2.75, 3.05) is 6.54 Å². The van der Waals surface area contributed by atoms with Crippen LogP contribution in [0.2, 0.25) is 5.15 Å². The molecular formula is C9H14Cl2N2. The summed E-state index contributed by atoms with van der Waals surface area (Å²) in [6, 6.07) is 3.88. The first-order chi connectivity index (χ1) is 5.84. The predicted octanol–water partition coefficient (Wildman–Crippen LogP) is 2.66. The standard InChI is InChI=1S/C9H13ClN2.ClH/c1-2-5-11-7-8-4-3-6-12-9(8)10;/h3-4,6,11H,2,5,7H2,1H3;1H. The van der Waals surface area contributed by atoms with E-state index in [0.29, 0.717) is 5.15 Å². The molecule has 13 heavy (non-hydrogen) atoms. The van der Waals surface area contributed by atoms with Crippen molar-refractivity contribution in [1.82, 2.24) is 10.3 Å². The van der Waals surface area contributed by atoms with Crippen LogP contribution in [0.4, 0.5) is 0 Å². The number of halogens is 2. The molecule has 0 amide bonds. The average Bonchev–Trinajstić information content (AvgIpc) is 2.09. The first-order valence-electron chi connectivity index (χ1n) is 4.14. The Labute approximate surface area is 90.1 Å². The molecule has 0 saturated heterocycles. The van der Waals surface area contributed by atoms with E-state index in [4.69, 9.17) is 11.6 Å². The quantitative estimate of drug-likeness (QED) is 0.624. The summed E-state index contributed by atoms with van der Waals surface area (Å²) in [7, 11) is 0. The van der Waals surface area contributed by atoms with Crippen molar-refractivity contribution in [3.63, 3.8) is 0 Å². The van der Waals surface area contributed by atoms with Crippen LogP contribution in [0.1, 0.15) is 18.9 Å². The molecule has 0 fully saturated rings. The largest absolute Gasteiger partial charge is 0.313 e. The molecule has 1 rings (SSSR count). The van der Waals surface area contributed by atoms with Crippen LogP contribution in [0.15, 0.2) is 18.3 Å². The topological polar surface area (TPSA) is 24.9 Å².